The number of aromatic nitrogens is 1. The first-order valence-corrected chi connectivity index (χ1v) is 9.46. The number of ether oxygens (including phenoxy) is 2. The SMILES string of the molecule is C=CCn1c(=NC(=O)COc2cccc(OC)c2)sc2cc(Br)ccc21. The first-order chi connectivity index (χ1) is 12.6. The summed E-state index contributed by atoms with van der Waals surface area (Å²) in [5.74, 6) is 0.884. The molecule has 134 valence electrons. The molecule has 7 heteroatoms. The van der Waals surface area contributed by atoms with Gasteiger partial charge in [0.15, 0.2) is 11.4 Å². The van der Waals surface area contributed by atoms with E-state index in [4.69, 9.17) is 9.47 Å². The second-order valence-electron chi connectivity index (χ2n) is 5.37. The summed E-state index contributed by atoms with van der Waals surface area (Å²) in [5, 5.41) is 0. The Balaban J connectivity index is 1.84. The molecule has 26 heavy (non-hydrogen) atoms. The van der Waals surface area contributed by atoms with Crippen LogP contribution < -0.4 is 14.3 Å². The van der Waals surface area contributed by atoms with Gasteiger partial charge in [-0.2, -0.15) is 4.99 Å². The van der Waals surface area contributed by atoms with Crippen molar-refractivity contribution in [1.82, 2.24) is 4.57 Å². The highest BCUT2D eigenvalue weighted by Gasteiger charge is 2.08. The molecule has 0 N–H and O–H groups in total. The van der Waals surface area contributed by atoms with E-state index in [-0.39, 0.29) is 12.5 Å². The molecule has 1 aromatic heterocycles. The van der Waals surface area contributed by atoms with Crippen molar-refractivity contribution in [2.45, 2.75) is 6.54 Å². The van der Waals surface area contributed by atoms with Crippen molar-refractivity contribution in [2.75, 3.05) is 13.7 Å². The van der Waals surface area contributed by atoms with Crippen LogP contribution in [0.15, 0.2) is 64.6 Å². The third kappa shape index (κ3) is 4.23. The molecule has 5 nitrogen and oxygen atoms in total. The van der Waals surface area contributed by atoms with Gasteiger partial charge in [-0.25, -0.2) is 0 Å². The van der Waals surface area contributed by atoms with Crippen LogP contribution in [0, 0.1) is 0 Å². The van der Waals surface area contributed by atoms with Gasteiger partial charge < -0.3 is 14.0 Å². The van der Waals surface area contributed by atoms with E-state index in [2.05, 4.69) is 27.5 Å². The highest BCUT2D eigenvalue weighted by molar-refractivity contribution is 9.10. The molecule has 0 aliphatic rings. The summed E-state index contributed by atoms with van der Waals surface area (Å²) < 4.78 is 14.6. The van der Waals surface area contributed by atoms with Gasteiger partial charge in [-0.1, -0.05) is 39.4 Å². The third-order valence-corrected chi connectivity index (χ3v) is 5.11. The van der Waals surface area contributed by atoms with Gasteiger partial charge in [0.1, 0.15) is 11.5 Å². The molecule has 3 aromatic rings. The maximum atomic E-state index is 12.3. The lowest BCUT2D eigenvalue weighted by atomic mass is 10.3. The zero-order valence-electron chi connectivity index (χ0n) is 14.1. The molecule has 1 heterocycles. The summed E-state index contributed by atoms with van der Waals surface area (Å²) in [7, 11) is 1.58. The van der Waals surface area contributed by atoms with Crippen LogP contribution in [-0.4, -0.2) is 24.2 Å². The number of carbonyl (C=O) groups is 1. The Morgan fingerprint density at radius 2 is 2.12 bits per heavy atom. The van der Waals surface area contributed by atoms with Gasteiger partial charge in [0.2, 0.25) is 0 Å². The number of nitrogens with zero attached hydrogens (tertiary/aromatic N) is 2. The van der Waals surface area contributed by atoms with Crippen molar-refractivity contribution >= 4 is 43.4 Å². The maximum absolute atomic E-state index is 12.3. The van der Waals surface area contributed by atoms with Crippen molar-refractivity contribution in [1.29, 1.82) is 0 Å². The quantitative estimate of drug-likeness (QED) is 0.549. The van der Waals surface area contributed by atoms with Crippen LogP contribution in [0.1, 0.15) is 0 Å². The van der Waals surface area contributed by atoms with E-state index in [1.807, 2.05) is 28.8 Å². The molecule has 0 spiro atoms. The van der Waals surface area contributed by atoms with Crippen LogP contribution in [-0.2, 0) is 11.3 Å². The Morgan fingerprint density at radius 1 is 1.31 bits per heavy atom. The predicted molar refractivity (Wildman–Crippen MR) is 107 cm³/mol. The number of rotatable bonds is 6. The van der Waals surface area contributed by atoms with Gasteiger partial charge in [-0.15, -0.1) is 6.58 Å². The molecule has 0 atom stereocenters. The van der Waals surface area contributed by atoms with Gasteiger partial charge in [0, 0.05) is 17.1 Å². The highest BCUT2D eigenvalue weighted by Crippen LogP contribution is 2.22. The van der Waals surface area contributed by atoms with E-state index >= 15 is 0 Å². The number of fused-ring (bicyclic) bond motifs is 1. The number of methoxy groups -OCH3 is 1. The van der Waals surface area contributed by atoms with Gasteiger partial charge in [0.05, 0.1) is 17.3 Å². The average Bonchev–Trinajstić information content (AvgIpc) is 2.96. The molecular formula is C19H17BrN2O3S. The van der Waals surface area contributed by atoms with Gasteiger partial charge in [-0.3, -0.25) is 4.79 Å². The van der Waals surface area contributed by atoms with Crippen molar-refractivity contribution in [3.63, 3.8) is 0 Å². The number of carbonyl (C=O) groups excluding carboxylic acids is 1. The molecule has 0 saturated heterocycles. The second kappa shape index (κ2) is 8.33. The van der Waals surface area contributed by atoms with E-state index in [9.17, 15) is 4.79 Å². The van der Waals surface area contributed by atoms with Crippen LogP contribution in [0.2, 0.25) is 0 Å². The number of thiazole rings is 1. The van der Waals surface area contributed by atoms with E-state index in [0.717, 1.165) is 14.7 Å². The van der Waals surface area contributed by atoms with Crippen LogP contribution in [0.3, 0.4) is 0 Å². The number of amides is 1. The fourth-order valence-electron chi connectivity index (χ4n) is 2.41. The summed E-state index contributed by atoms with van der Waals surface area (Å²) in [6, 6.07) is 13.1. The fourth-order valence-corrected chi connectivity index (χ4v) is 4.02. The monoisotopic (exact) mass is 432 g/mol. The molecule has 2 aromatic carbocycles. The summed E-state index contributed by atoms with van der Waals surface area (Å²) in [6.45, 7) is 4.22. The lowest BCUT2D eigenvalue weighted by Gasteiger charge is -2.05. The largest absolute Gasteiger partial charge is 0.497 e. The molecule has 0 saturated carbocycles. The van der Waals surface area contributed by atoms with Gasteiger partial charge in [0.25, 0.3) is 5.91 Å². The lowest BCUT2D eigenvalue weighted by Crippen LogP contribution is -2.19. The van der Waals surface area contributed by atoms with Crippen LogP contribution in [0.5, 0.6) is 11.5 Å². The Bertz CT molecular complexity index is 1020. The molecule has 0 bridgehead atoms. The van der Waals surface area contributed by atoms with Crippen LogP contribution in [0.4, 0.5) is 0 Å². The number of hydrogen-bond acceptors (Lipinski definition) is 4. The molecule has 0 radical (unpaired) electrons. The first-order valence-electron chi connectivity index (χ1n) is 7.85. The normalized spacial score (nSPS) is 11.5. The van der Waals surface area contributed by atoms with Crippen molar-refractivity contribution in [3.05, 3.63) is 64.4 Å². The Morgan fingerprint density at radius 3 is 2.88 bits per heavy atom. The van der Waals surface area contributed by atoms with Crippen molar-refractivity contribution in [2.24, 2.45) is 4.99 Å². The smallest absolute Gasteiger partial charge is 0.286 e. The lowest BCUT2D eigenvalue weighted by molar-refractivity contribution is -0.120. The summed E-state index contributed by atoms with van der Waals surface area (Å²) >= 11 is 4.92. The molecule has 0 unspecified atom stereocenters. The molecule has 3 rings (SSSR count). The van der Waals surface area contributed by atoms with E-state index in [1.165, 1.54) is 11.3 Å². The summed E-state index contributed by atoms with van der Waals surface area (Å²) in [4.78, 5) is 17.1. The number of halogens is 1. The minimum absolute atomic E-state index is 0.140. The molecule has 1 amide bonds. The topological polar surface area (TPSA) is 52.8 Å². The highest BCUT2D eigenvalue weighted by atomic mass is 79.9. The predicted octanol–water partition coefficient (Wildman–Crippen LogP) is 4.17. The minimum Gasteiger partial charge on any atom is -0.497 e. The Labute approximate surface area is 163 Å². The van der Waals surface area contributed by atoms with Gasteiger partial charge >= 0.3 is 0 Å². The zero-order chi connectivity index (χ0) is 18.5. The Kier molecular flexibility index (Phi) is 5.90. The number of hydrogen-bond donors (Lipinski definition) is 0. The third-order valence-electron chi connectivity index (χ3n) is 3.58. The number of allylic oxidation sites excluding steroid dienone is 1. The van der Waals surface area contributed by atoms with Crippen molar-refractivity contribution in [3.8, 4) is 11.5 Å². The molecule has 0 fully saturated rings. The Hall–Kier alpha value is -2.38. The van der Waals surface area contributed by atoms with Gasteiger partial charge in [-0.05, 0) is 30.3 Å². The van der Waals surface area contributed by atoms with E-state index < -0.39 is 0 Å². The molecular weight excluding hydrogens is 416 g/mol. The first kappa shape index (κ1) is 18.4. The number of benzene rings is 2. The van der Waals surface area contributed by atoms with Crippen LogP contribution in [0.25, 0.3) is 10.2 Å². The summed E-state index contributed by atoms with van der Waals surface area (Å²) in [5.41, 5.74) is 1.01. The van der Waals surface area contributed by atoms with Crippen LogP contribution >= 0.6 is 27.3 Å². The molecule has 0 aliphatic heterocycles. The van der Waals surface area contributed by atoms with Crippen molar-refractivity contribution < 1.29 is 14.3 Å². The molecule has 0 aliphatic carbocycles. The fraction of sp³-hybridized carbons (Fsp3) is 0.158. The zero-order valence-corrected chi connectivity index (χ0v) is 16.5. The second-order valence-corrected chi connectivity index (χ2v) is 7.29. The maximum Gasteiger partial charge on any atom is 0.286 e. The average molecular weight is 433 g/mol. The van der Waals surface area contributed by atoms with E-state index in [0.29, 0.717) is 22.8 Å². The summed E-state index contributed by atoms with van der Waals surface area (Å²) in [6.07, 6.45) is 1.78. The standard InChI is InChI=1S/C19H17BrN2O3S/c1-3-9-22-16-8-7-13(20)10-17(16)26-19(22)21-18(23)12-25-15-6-4-5-14(11-15)24-2/h3-8,10-11H,1,9,12H2,2H3. The minimum atomic E-state index is -0.351. The van der Waals surface area contributed by atoms with E-state index in [1.54, 1.807) is 31.4 Å².